The van der Waals surface area contributed by atoms with Crippen molar-refractivity contribution in [2.45, 2.75) is 18.9 Å². The molecule has 0 atom stereocenters. The van der Waals surface area contributed by atoms with Crippen LogP contribution in [0.25, 0.3) is 10.8 Å². The number of aryl methyl sites for hydroxylation is 1. The van der Waals surface area contributed by atoms with Gasteiger partial charge in [0.25, 0.3) is 5.19 Å². The molecule has 0 spiro atoms. The molecule has 1 aliphatic heterocycles. The predicted octanol–water partition coefficient (Wildman–Crippen LogP) is 3.52. The van der Waals surface area contributed by atoms with Crippen molar-refractivity contribution in [3.05, 3.63) is 59.6 Å². The molecule has 1 fully saturated rings. The summed E-state index contributed by atoms with van der Waals surface area (Å²) in [5, 5.41) is 5.04. The van der Waals surface area contributed by atoms with Gasteiger partial charge in [0, 0.05) is 18.0 Å². The van der Waals surface area contributed by atoms with Gasteiger partial charge in [-0.1, -0.05) is 53.8 Å². The van der Waals surface area contributed by atoms with Gasteiger partial charge in [-0.05, 0) is 22.8 Å². The molecule has 0 saturated carbocycles. The maximum Gasteiger partial charge on any atom is 0.273 e. The second-order valence-corrected chi connectivity index (χ2v) is 6.83. The van der Waals surface area contributed by atoms with E-state index in [4.69, 9.17) is 4.74 Å². The Hall–Kier alpha value is -2.40. The minimum atomic E-state index is 0.0812. The number of rotatable bonds is 5. The number of carbonyl (C=O) groups is 1. The van der Waals surface area contributed by atoms with Crippen LogP contribution in [0.4, 0.5) is 0 Å². The van der Waals surface area contributed by atoms with Crippen LogP contribution in [0.2, 0.25) is 0 Å². The second-order valence-electron chi connectivity index (χ2n) is 5.97. The van der Waals surface area contributed by atoms with Gasteiger partial charge in [0.2, 0.25) is 5.91 Å². The van der Waals surface area contributed by atoms with E-state index < -0.39 is 0 Å². The number of hydrogen-bond acceptors (Lipinski definition) is 4. The van der Waals surface area contributed by atoms with Crippen LogP contribution in [-0.4, -0.2) is 35.0 Å². The molecule has 1 amide bonds. The highest BCUT2D eigenvalue weighted by atomic mass is 32.1. The van der Waals surface area contributed by atoms with Crippen LogP contribution in [0.15, 0.2) is 54.0 Å². The summed E-state index contributed by atoms with van der Waals surface area (Å²) in [5.41, 5.74) is 1.23. The highest BCUT2D eigenvalue weighted by Gasteiger charge is 2.32. The van der Waals surface area contributed by atoms with Crippen molar-refractivity contribution < 1.29 is 9.53 Å². The zero-order valence-electron chi connectivity index (χ0n) is 13.2. The van der Waals surface area contributed by atoms with E-state index in [1.165, 1.54) is 27.7 Å². The molecular formula is C19H18N2O2S. The van der Waals surface area contributed by atoms with E-state index >= 15 is 0 Å². The number of nitrogens with zero attached hydrogens (tertiary/aromatic N) is 2. The van der Waals surface area contributed by atoms with Crippen LogP contribution >= 0.6 is 11.3 Å². The third-order valence-electron chi connectivity index (χ3n) is 4.37. The molecule has 1 saturated heterocycles. The minimum absolute atomic E-state index is 0.0812. The van der Waals surface area contributed by atoms with Gasteiger partial charge in [0.15, 0.2) is 0 Å². The van der Waals surface area contributed by atoms with Crippen molar-refractivity contribution in [2.24, 2.45) is 0 Å². The van der Waals surface area contributed by atoms with Crippen LogP contribution in [0.1, 0.15) is 12.0 Å². The standard InChI is InChI=1S/C19H18N2O2S/c22-18(21-12-16(13-21)23-19-20-10-11-24-19)9-8-15-6-3-5-14-4-1-2-7-17(14)15/h1-7,10-11,16H,8-9,12-13H2. The lowest BCUT2D eigenvalue weighted by Gasteiger charge is -2.38. The van der Waals surface area contributed by atoms with Crippen molar-refractivity contribution in [1.29, 1.82) is 0 Å². The number of carbonyl (C=O) groups excluding carboxylic acids is 1. The molecule has 4 rings (SSSR count). The summed E-state index contributed by atoms with van der Waals surface area (Å²) in [6.45, 7) is 1.32. The number of thiazole rings is 1. The molecule has 1 aromatic heterocycles. The average Bonchev–Trinajstić information content (AvgIpc) is 3.08. The van der Waals surface area contributed by atoms with Crippen molar-refractivity contribution >= 4 is 28.0 Å². The van der Waals surface area contributed by atoms with Crippen molar-refractivity contribution in [3.8, 4) is 5.19 Å². The Morgan fingerprint density at radius 2 is 2.04 bits per heavy atom. The molecule has 24 heavy (non-hydrogen) atoms. The molecule has 0 aliphatic carbocycles. The molecule has 0 unspecified atom stereocenters. The van der Waals surface area contributed by atoms with Gasteiger partial charge >= 0.3 is 0 Å². The fourth-order valence-corrected chi connectivity index (χ4v) is 3.59. The maximum atomic E-state index is 12.3. The Morgan fingerprint density at radius 1 is 1.21 bits per heavy atom. The number of fused-ring (bicyclic) bond motifs is 1. The fraction of sp³-hybridized carbons (Fsp3) is 0.263. The lowest BCUT2D eigenvalue weighted by atomic mass is 10.00. The topological polar surface area (TPSA) is 42.4 Å². The number of ether oxygens (including phenoxy) is 1. The number of hydrogen-bond donors (Lipinski definition) is 0. The quantitative estimate of drug-likeness (QED) is 0.715. The van der Waals surface area contributed by atoms with Crippen molar-refractivity contribution in [2.75, 3.05) is 13.1 Å². The predicted molar refractivity (Wildman–Crippen MR) is 95.4 cm³/mol. The first-order chi connectivity index (χ1) is 11.8. The van der Waals surface area contributed by atoms with Gasteiger partial charge in [-0.3, -0.25) is 4.79 Å². The van der Waals surface area contributed by atoms with Crippen LogP contribution in [-0.2, 0) is 11.2 Å². The van der Waals surface area contributed by atoms with E-state index in [-0.39, 0.29) is 12.0 Å². The monoisotopic (exact) mass is 338 g/mol. The summed E-state index contributed by atoms with van der Waals surface area (Å²) in [5.74, 6) is 0.196. The molecular weight excluding hydrogens is 320 g/mol. The highest BCUT2D eigenvalue weighted by molar-refractivity contribution is 7.11. The summed E-state index contributed by atoms with van der Waals surface area (Å²) in [6.07, 6.45) is 3.12. The fourth-order valence-electron chi connectivity index (χ4n) is 3.04. The maximum absolute atomic E-state index is 12.3. The Morgan fingerprint density at radius 3 is 2.88 bits per heavy atom. The first-order valence-corrected chi connectivity index (χ1v) is 8.98. The van der Waals surface area contributed by atoms with E-state index in [9.17, 15) is 4.79 Å². The number of amides is 1. The van der Waals surface area contributed by atoms with E-state index in [1.807, 2.05) is 22.4 Å². The largest absolute Gasteiger partial charge is 0.463 e. The van der Waals surface area contributed by atoms with Crippen molar-refractivity contribution in [1.82, 2.24) is 9.88 Å². The molecule has 2 heterocycles. The third-order valence-corrected chi connectivity index (χ3v) is 5.03. The van der Waals surface area contributed by atoms with Crippen molar-refractivity contribution in [3.63, 3.8) is 0 Å². The lowest BCUT2D eigenvalue weighted by molar-refractivity contribution is -0.139. The van der Waals surface area contributed by atoms with Crippen LogP contribution in [0, 0.1) is 0 Å². The SMILES string of the molecule is O=C(CCc1cccc2ccccc12)N1CC(Oc2nccs2)C1. The Kier molecular flexibility index (Phi) is 4.17. The Labute approximate surface area is 144 Å². The van der Waals surface area contributed by atoms with Gasteiger partial charge in [-0.15, -0.1) is 0 Å². The van der Waals surface area contributed by atoms with E-state index in [1.54, 1.807) is 6.20 Å². The smallest absolute Gasteiger partial charge is 0.273 e. The van der Waals surface area contributed by atoms with E-state index in [0.29, 0.717) is 24.7 Å². The zero-order chi connectivity index (χ0) is 16.4. The second kappa shape index (κ2) is 6.61. The summed E-state index contributed by atoms with van der Waals surface area (Å²) in [7, 11) is 0. The minimum Gasteiger partial charge on any atom is -0.463 e. The molecule has 4 nitrogen and oxygen atoms in total. The molecule has 2 aromatic carbocycles. The Balaban J connectivity index is 1.31. The van der Waals surface area contributed by atoms with Gasteiger partial charge in [-0.2, -0.15) is 0 Å². The zero-order valence-corrected chi connectivity index (χ0v) is 14.0. The van der Waals surface area contributed by atoms with Crippen LogP contribution < -0.4 is 4.74 Å². The molecule has 0 bridgehead atoms. The summed E-state index contributed by atoms with van der Waals surface area (Å²) in [6, 6.07) is 14.6. The molecule has 0 N–H and O–H groups in total. The molecule has 0 radical (unpaired) electrons. The van der Waals surface area contributed by atoms with Gasteiger partial charge in [0.1, 0.15) is 6.10 Å². The number of aromatic nitrogens is 1. The van der Waals surface area contributed by atoms with Crippen LogP contribution in [0.5, 0.6) is 5.19 Å². The Bertz CT molecular complexity index is 836. The molecule has 5 heteroatoms. The van der Waals surface area contributed by atoms with Gasteiger partial charge in [-0.25, -0.2) is 4.98 Å². The van der Waals surface area contributed by atoms with E-state index in [0.717, 1.165) is 6.42 Å². The summed E-state index contributed by atoms with van der Waals surface area (Å²) >= 11 is 1.48. The average molecular weight is 338 g/mol. The first kappa shape index (κ1) is 15.1. The lowest BCUT2D eigenvalue weighted by Crippen LogP contribution is -2.56. The number of benzene rings is 2. The summed E-state index contributed by atoms with van der Waals surface area (Å²) < 4.78 is 5.70. The third kappa shape index (κ3) is 3.12. The van der Waals surface area contributed by atoms with Gasteiger partial charge < -0.3 is 9.64 Å². The molecule has 1 aliphatic rings. The summed E-state index contributed by atoms with van der Waals surface area (Å²) in [4.78, 5) is 18.3. The van der Waals surface area contributed by atoms with Crippen LogP contribution in [0.3, 0.4) is 0 Å². The molecule has 3 aromatic rings. The molecule has 122 valence electrons. The van der Waals surface area contributed by atoms with Gasteiger partial charge in [0.05, 0.1) is 13.1 Å². The normalized spacial score (nSPS) is 14.6. The van der Waals surface area contributed by atoms with E-state index in [2.05, 4.69) is 35.3 Å². The first-order valence-electron chi connectivity index (χ1n) is 8.10. The number of likely N-dealkylation sites (tertiary alicyclic amines) is 1. The highest BCUT2D eigenvalue weighted by Crippen LogP contribution is 2.22.